The van der Waals surface area contributed by atoms with Crippen LogP contribution in [0.1, 0.15) is 92.9 Å². The number of alkyl carbamates (subject to hydrolysis) is 1. The van der Waals surface area contributed by atoms with Gasteiger partial charge in [0, 0.05) is 58.6 Å². The van der Waals surface area contributed by atoms with E-state index in [1.165, 1.54) is 0 Å². The van der Waals surface area contributed by atoms with Gasteiger partial charge in [0.1, 0.15) is 17.0 Å². The summed E-state index contributed by atoms with van der Waals surface area (Å²) in [4.78, 5) is 47.0. The summed E-state index contributed by atoms with van der Waals surface area (Å²) in [6, 6.07) is 0. The number of amides is 2. The maximum absolute atomic E-state index is 12.0. The van der Waals surface area contributed by atoms with Gasteiger partial charge in [0.25, 0.3) is 0 Å². The van der Waals surface area contributed by atoms with E-state index in [1.54, 1.807) is 20.8 Å². The molecule has 0 radical (unpaired) electrons. The highest BCUT2D eigenvalue weighted by Gasteiger charge is 2.16. The lowest BCUT2D eigenvalue weighted by molar-refractivity contribution is -0.155. The number of unbranched alkanes of at least 4 members (excludes halogenated alkanes) is 1. The largest absolute Gasteiger partial charge is 0.460 e. The Morgan fingerprint density at radius 3 is 1.52 bits per heavy atom. The number of ketones is 1. The predicted molar refractivity (Wildman–Crippen MR) is 180 cm³/mol. The number of hydrogen-bond donors (Lipinski definition) is 2. The van der Waals surface area contributed by atoms with Crippen LogP contribution in [0.2, 0.25) is 0 Å². The summed E-state index contributed by atoms with van der Waals surface area (Å²) in [6.45, 7) is 16.9. The van der Waals surface area contributed by atoms with Gasteiger partial charge in [0.2, 0.25) is 5.91 Å². The maximum atomic E-state index is 12.0. The van der Waals surface area contributed by atoms with E-state index in [2.05, 4.69) is 10.6 Å². The lowest BCUT2D eigenvalue weighted by Gasteiger charge is -2.19. The van der Waals surface area contributed by atoms with Gasteiger partial charge in [-0.05, 0) is 67.2 Å². The highest BCUT2D eigenvalue weighted by molar-refractivity contribution is 5.78. The minimum Gasteiger partial charge on any atom is -0.460 e. The Labute approximate surface area is 287 Å². The van der Waals surface area contributed by atoms with Gasteiger partial charge in [-0.15, -0.1) is 0 Å². The van der Waals surface area contributed by atoms with Crippen molar-refractivity contribution in [1.29, 1.82) is 0 Å². The van der Waals surface area contributed by atoms with E-state index < -0.39 is 17.3 Å². The third-order valence-corrected chi connectivity index (χ3v) is 5.90. The molecule has 0 aromatic carbocycles. The number of ether oxygens (including phenoxy) is 8. The summed E-state index contributed by atoms with van der Waals surface area (Å²) in [5.74, 6) is -0.136. The smallest absolute Gasteiger partial charge is 0.407 e. The Kier molecular flexibility index (Phi) is 28.1. The van der Waals surface area contributed by atoms with Crippen molar-refractivity contribution in [3.8, 4) is 0 Å². The third-order valence-electron chi connectivity index (χ3n) is 5.90. The number of carbonyl (C=O) groups excluding carboxylic acids is 4. The average molecular weight is 693 g/mol. The molecule has 0 aliphatic heterocycles. The van der Waals surface area contributed by atoms with Crippen LogP contribution in [0.25, 0.3) is 0 Å². The Bertz CT molecular complexity index is 775. The van der Waals surface area contributed by atoms with E-state index in [0.717, 1.165) is 12.8 Å². The van der Waals surface area contributed by atoms with Gasteiger partial charge >= 0.3 is 12.1 Å². The predicted octanol–water partition coefficient (Wildman–Crippen LogP) is 3.76. The number of hydrogen-bond acceptors (Lipinski definition) is 12. The first kappa shape index (κ1) is 45.6. The van der Waals surface area contributed by atoms with Crippen LogP contribution in [0, 0.1) is 0 Å². The monoisotopic (exact) mass is 692 g/mol. The number of esters is 1. The van der Waals surface area contributed by atoms with Gasteiger partial charge in [-0.2, -0.15) is 0 Å². The van der Waals surface area contributed by atoms with Crippen molar-refractivity contribution in [3.63, 3.8) is 0 Å². The molecule has 48 heavy (non-hydrogen) atoms. The van der Waals surface area contributed by atoms with Crippen LogP contribution >= 0.6 is 0 Å². The van der Waals surface area contributed by atoms with Gasteiger partial charge in [-0.1, -0.05) is 0 Å². The van der Waals surface area contributed by atoms with Crippen molar-refractivity contribution in [3.05, 3.63) is 0 Å². The first-order chi connectivity index (χ1) is 22.8. The number of Topliss-reactive ketones (excluding diaryl/α,β-unsaturated/α-hetero) is 1. The van der Waals surface area contributed by atoms with Crippen molar-refractivity contribution < 1.29 is 57.1 Å². The standard InChI is InChI=1S/C34H64N2O12/c1-33(2,3)47-31(39)12-9-18-42-25-26-44-20-13-29(37)11-7-8-17-41-23-24-43-19-10-15-35-30(38)14-21-45-27-28-46-22-16-36-32(40)48-34(4,5)6/h7-28H2,1-6H3,(H,35,38)(H,36,40). The van der Waals surface area contributed by atoms with Crippen LogP contribution in [0.3, 0.4) is 0 Å². The molecule has 0 fully saturated rings. The van der Waals surface area contributed by atoms with Gasteiger partial charge in [-0.3, -0.25) is 14.4 Å². The summed E-state index contributed by atoms with van der Waals surface area (Å²) >= 11 is 0. The molecule has 0 spiro atoms. The molecule has 0 atom stereocenters. The molecule has 0 aliphatic carbocycles. The lowest BCUT2D eigenvalue weighted by Crippen LogP contribution is -2.34. The minimum atomic E-state index is -0.534. The van der Waals surface area contributed by atoms with Gasteiger partial charge < -0.3 is 48.5 Å². The molecule has 0 saturated carbocycles. The SMILES string of the molecule is CC(C)(C)OC(=O)CCCOCCOCCC(=O)CCCCOCCOCCCNC(=O)CCOCCOCCNC(=O)OC(C)(C)C. The van der Waals surface area contributed by atoms with Gasteiger partial charge in [-0.25, -0.2) is 4.79 Å². The zero-order valence-electron chi connectivity index (χ0n) is 30.5. The molecule has 0 aromatic rings. The van der Waals surface area contributed by atoms with E-state index in [0.29, 0.717) is 124 Å². The summed E-state index contributed by atoms with van der Waals surface area (Å²) in [5, 5.41) is 5.44. The molecule has 0 bridgehead atoms. The molecule has 14 nitrogen and oxygen atoms in total. The number of carbonyl (C=O) groups is 4. The second kappa shape index (κ2) is 29.5. The van der Waals surface area contributed by atoms with Crippen molar-refractivity contribution >= 4 is 23.8 Å². The summed E-state index contributed by atoms with van der Waals surface area (Å²) in [6.07, 6.45) is 3.89. The van der Waals surface area contributed by atoms with E-state index in [4.69, 9.17) is 37.9 Å². The molecular formula is C34H64N2O12. The van der Waals surface area contributed by atoms with E-state index >= 15 is 0 Å². The Hall–Kier alpha value is -2.36. The molecular weight excluding hydrogens is 628 g/mol. The molecule has 0 aromatic heterocycles. The molecule has 0 unspecified atom stereocenters. The van der Waals surface area contributed by atoms with Crippen molar-refractivity contribution in [2.24, 2.45) is 0 Å². The molecule has 2 N–H and O–H groups in total. The van der Waals surface area contributed by atoms with Crippen LogP contribution < -0.4 is 10.6 Å². The number of nitrogens with one attached hydrogen (secondary N) is 2. The van der Waals surface area contributed by atoms with Crippen LogP contribution in [0.5, 0.6) is 0 Å². The Morgan fingerprint density at radius 1 is 0.438 bits per heavy atom. The summed E-state index contributed by atoms with van der Waals surface area (Å²) in [7, 11) is 0. The highest BCUT2D eigenvalue weighted by atomic mass is 16.6. The molecule has 0 saturated heterocycles. The first-order valence-electron chi connectivity index (χ1n) is 17.2. The molecule has 2 amide bonds. The Morgan fingerprint density at radius 2 is 0.938 bits per heavy atom. The fourth-order valence-electron chi connectivity index (χ4n) is 3.71. The molecule has 0 heterocycles. The topological polar surface area (TPSA) is 166 Å². The van der Waals surface area contributed by atoms with Crippen LogP contribution in [0.15, 0.2) is 0 Å². The minimum absolute atomic E-state index is 0.0818. The van der Waals surface area contributed by atoms with Crippen molar-refractivity contribution in [2.75, 3.05) is 92.4 Å². The van der Waals surface area contributed by atoms with Crippen LogP contribution in [-0.4, -0.2) is 127 Å². The molecule has 282 valence electrons. The number of rotatable bonds is 31. The summed E-state index contributed by atoms with van der Waals surface area (Å²) < 4.78 is 43.1. The second-order valence-corrected chi connectivity index (χ2v) is 13.0. The zero-order chi connectivity index (χ0) is 35.9. The zero-order valence-corrected chi connectivity index (χ0v) is 30.5. The molecule has 0 aliphatic rings. The quantitative estimate of drug-likeness (QED) is 0.0799. The average Bonchev–Trinajstić information content (AvgIpc) is 2.98. The fourth-order valence-corrected chi connectivity index (χ4v) is 3.71. The van der Waals surface area contributed by atoms with E-state index in [1.807, 2.05) is 20.8 Å². The normalized spacial score (nSPS) is 11.7. The highest BCUT2D eigenvalue weighted by Crippen LogP contribution is 2.09. The molecule has 14 heteroatoms. The maximum Gasteiger partial charge on any atom is 0.407 e. The van der Waals surface area contributed by atoms with E-state index in [9.17, 15) is 19.2 Å². The Balaban J connectivity index is 3.34. The van der Waals surface area contributed by atoms with Crippen molar-refractivity contribution in [2.45, 2.75) is 104 Å². The molecule has 0 rings (SSSR count). The third kappa shape index (κ3) is 36.5. The van der Waals surface area contributed by atoms with E-state index in [-0.39, 0.29) is 24.1 Å². The van der Waals surface area contributed by atoms with Gasteiger partial charge in [0.15, 0.2) is 0 Å². The summed E-state index contributed by atoms with van der Waals surface area (Å²) in [5.41, 5.74) is -1.00. The van der Waals surface area contributed by atoms with Crippen molar-refractivity contribution in [1.82, 2.24) is 10.6 Å². The lowest BCUT2D eigenvalue weighted by atomic mass is 10.1. The first-order valence-corrected chi connectivity index (χ1v) is 17.2. The second-order valence-electron chi connectivity index (χ2n) is 13.0. The van der Waals surface area contributed by atoms with Crippen LogP contribution in [-0.2, 0) is 52.3 Å². The van der Waals surface area contributed by atoms with Gasteiger partial charge in [0.05, 0.1) is 59.5 Å². The van der Waals surface area contributed by atoms with Crippen LogP contribution in [0.4, 0.5) is 4.79 Å². The fraction of sp³-hybridized carbons (Fsp3) is 0.882.